The Morgan fingerprint density at radius 1 is 1.29 bits per heavy atom. The fraction of sp³-hybridized carbons (Fsp3) is 0.389. The van der Waals surface area contributed by atoms with Crippen LogP contribution in [-0.4, -0.2) is 22.4 Å². The number of aryl methyl sites for hydroxylation is 1. The molecule has 1 fully saturated rings. The van der Waals surface area contributed by atoms with Gasteiger partial charge in [-0.25, -0.2) is 4.98 Å². The lowest BCUT2D eigenvalue weighted by atomic mass is 9.96. The summed E-state index contributed by atoms with van der Waals surface area (Å²) in [6, 6.07) is 8.55. The standard InChI is InChI=1S/C18H21ClN4S/c1-12-7-8-13-10-14(17(19)22-16(13)9-12)11-20-23-18(24)21-15-5-3-2-4-6-15/h7-11,15H,2-6H2,1H3,(H2,21,23,24). The maximum absolute atomic E-state index is 6.25. The Bertz CT molecular complexity index is 769. The number of benzene rings is 1. The number of hydrogen-bond acceptors (Lipinski definition) is 3. The van der Waals surface area contributed by atoms with Crippen LogP contribution in [0.1, 0.15) is 43.2 Å². The Balaban J connectivity index is 1.63. The fourth-order valence-corrected chi connectivity index (χ4v) is 3.40. The summed E-state index contributed by atoms with van der Waals surface area (Å²) in [4.78, 5) is 4.43. The lowest BCUT2D eigenvalue weighted by Crippen LogP contribution is -2.40. The molecule has 24 heavy (non-hydrogen) atoms. The van der Waals surface area contributed by atoms with Crippen LogP contribution < -0.4 is 10.7 Å². The van der Waals surface area contributed by atoms with Crippen LogP contribution in [0.2, 0.25) is 5.15 Å². The zero-order valence-corrected chi connectivity index (χ0v) is 15.3. The van der Waals surface area contributed by atoms with Gasteiger partial charge in [-0.1, -0.05) is 43.0 Å². The van der Waals surface area contributed by atoms with E-state index < -0.39 is 0 Å². The van der Waals surface area contributed by atoms with Gasteiger partial charge in [-0.2, -0.15) is 5.10 Å². The number of thiocarbonyl (C=S) groups is 1. The average Bonchev–Trinajstić information content (AvgIpc) is 2.56. The molecule has 126 valence electrons. The normalized spacial score (nSPS) is 15.8. The lowest BCUT2D eigenvalue weighted by Gasteiger charge is -2.23. The van der Waals surface area contributed by atoms with Gasteiger partial charge < -0.3 is 5.32 Å². The number of fused-ring (bicyclic) bond motifs is 1. The number of nitrogens with zero attached hydrogens (tertiary/aromatic N) is 2. The van der Waals surface area contributed by atoms with Crippen molar-refractivity contribution in [1.82, 2.24) is 15.7 Å². The molecule has 0 unspecified atom stereocenters. The molecule has 1 aromatic heterocycles. The van der Waals surface area contributed by atoms with E-state index in [0.29, 0.717) is 16.3 Å². The largest absolute Gasteiger partial charge is 0.359 e. The third-order valence-corrected chi connectivity index (χ3v) is 4.78. The molecule has 1 aliphatic rings. The second kappa shape index (κ2) is 7.90. The van der Waals surface area contributed by atoms with E-state index in [-0.39, 0.29) is 0 Å². The molecule has 0 bridgehead atoms. The van der Waals surface area contributed by atoms with Gasteiger partial charge in [0.25, 0.3) is 0 Å². The van der Waals surface area contributed by atoms with Crippen LogP contribution in [0.3, 0.4) is 0 Å². The monoisotopic (exact) mass is 360 g/mol. The first-order valence-electron chi connectivity index (χ1n) is 8.28. The van der Waals surface area contributed by atoms with E-state index in [1.54, 1.807) is 6.21 Å². The molecule has 3 rings (SSSR count). The molecule has 4 nitrogen and oxygen atoms in total. The second-order valence-electron chi connectivity index (χ2n) is 6.24. The van der Waals surface area contributed by atoms with Crippen LogP contribution in [0, 0.1) is 6.92 Å². The number of hydrazone groups is 1. The smallest absolute Gasteiger partial charge is 0.187 e. The summed E-state index contributed by atoms with van der Waals surface area (Å²) in [5.41, 5.74) is 5.68. The van der Waals surface area contributed by atoms with Crippen molar-refractivity contribution >= 4 is 46.0 Å². The van der Waals surface area contributed by atoms with E-state index in [9.17, 15) is 0 Å². The van der Waals surface area contributed by atoms with Crippen LogP contribution in [0.15, 0.2) is 29.4 Å². The quantitative estimate of drug-likeness (QED) is 0.370. The van der Waals surface area contributed by atoms with E-state index >= 15 is 0 Å². The lowest BCUT2D eigenvalue weighted by molar-refractivity contribution is 0.412. The zero-order chi connectivity index (χ0) is 16.9. The van der Waals surface area contributed by atoms with Crippen molar-refractivity contribution in [3.05, 3.63) is 40.5 Å². The Hall–Kier alpha value is -1.72. The van der Waals surface area contributed by atoms with E-state index in [0.717, 1.165) is 22.0 Å². The van der Waals surface area contributed by atoms with E-state index in [4.69, 9.17) is 23.8 Å². The highest BCUT2D eigenvalue weighted by Gasteiger charge is 2.13. The third kappa shape index (κ3) is 4.42. The third-order valence-electron chi connectivity index (χ3n) is 4.26. The van der Waals surface area contributed by atoms with Crippen LogP contribution in [0.5, 0.6) is 0 Å². The predicted octanol–water partition coefficient (Wildman–Crippen LogP) is 4.33. The summed E-state index contributed by atoms with van der Waals surface area (Å²) in [5, 5.41) is 9.53. The highest BCUT2D eigenvalue weighted by atomic mass is 35.5. The van der Waals surface area contributed by atoms with Gasteiger partial charge >= 0.3 is 0 Å². The zero-order valence-electron chi connectivity index (χ0n) is 13.7. The van der Waals surface area contributed by atoms with Gasteiger partial charge in [0.2, 0.25) is 0 Å². The van der Waals surface area contributed by atoms with E-state index in [1.807, 2.05) is 25.1 Å². The van der Waals surface area contributed by atoms with Crippen LogP contribution in [0.4, 0.5) is 0 Å². The molecule has 2 N–H and O–H groups in total. The van der Waals surface area contributed by atoms with Crippen LogP contribution in [-0.2, 0) is 0 Å². The average molecular weight is 361 g/mol. The minimum atomic E-state index is 0.435. The van der Waals surface area contributed by atoms with Gasteiger partial charge in [-0.3, -0.25) is 5.43 Å². The van der Waals surface area contributed by atoms with Crippen molar-refractivity contribution in [1.29, 1.82) is 0 Å². The molecule has 2 aromatic rings. The molecule has 0 atom stereocenters. The van der Waals surface area contributed by atoms with Gasteiger partial charge in [0.1, 0.15) is 5.15 Å². The number of aromatic nitrogens is 1. The first-order valence-corrected chi connectivity index (χ1v) is 9.07. The maximum Gasteiger partial charge on any atom is 0.187 e. The minimum Gasteiger partial charge on any atom is -0.359 e. The summed E-state index contributed by atoms with van der Waals surface area (Å²) in [6.07, 6.45) is 7.85. The number of nitrogens with one attached hydrogen (secondary N) is 2. The Morgan fingerprint density at radius 2 is 2.08 bits per heavy atom. The molecule has 1 aromatic carbocycles. The summed E-state index contributed by atoms with van der Waals surface area (Å²) in [6.45, 7) is 2.04. The van der Waals surface area contributed by atoms with Gasteiger partial charge in [0.15, 0.2) is 5.11 Å². The molecule has 6 heteroatoms. The summed E-state index contributed by atoms with van der Waals surface area (Å²) >= 11 is 11.5. The molecule has 0 amide bonds. The molecule has 0 saturated heterocycles. The van der Waals surface area contributed by atoms with Gasteiger partial charge in [0.05, 0.1) is 11.7 Å². The Labute approximate surface area is 152 Å². The van der Waals surface area contributed by atoms with Crippen molar-refractivity contribution < 1.29 is 0 Å². The van der Waals surface area contributed by atoms with Crippen molar-refractivity contribution in [3.8, 4) is 0 Å². The Morgan fingerprint density at radius 3 is 2.88 bits per heavy atom. The van der Waals surface area contributed by atoms with Crippen molar-refractivity contribution in [2.45, 2.75) is 45.1 Å². The summed E-state index contributed by atoms with van der Waals surface area (Å²) < 4.78 is 0. The van der Waals surface area contributed by atoms with E-state index in [1.165, 1.54) is 32.1 Å². The van der Waals surface area contributed by atoms with Crippen LogP contribution in [0.25, 0.3) is 10.9 Å². The highest BCUT2D eigenvalue weighted by Crippen LogP contribution is 2.20. The summed E-state index contributed by atoms with van der Waals surface area (Å²) in [7, 11) is 0. The molecular formula is C18H21ClN4S. The first kappa shape index (κ1) is 17.1. The Kier molecular flexibility index (Phi) is 5.63. The molecule has 0 aliphatic heterocycles. The first-order chi connectivity index (χ1) is 11.6. The second-order valence-corrected chi connectivity index (χ2v) is 7.01. The highest BCUT2D eigenvalue weighted by molar-refractivity contribution is 7.80. The number of pyridine rings is 1. The van der Waals surface area contributed by atoms with Crippen molar-refractivity contribution in [2.24, 2.45) is 5.10 Å². The molecular weight excluding hydrogens is 340 g/mol. The van der Waals surface area contributed by atoms with E-state index in [2.05, 4.69) is 26.9 Å². The SMILES string of the molecule is Cc1ccc2cc(C=NNC(=S)NC3CCCCC3)c(Cl)nc2c1. The minimum absolute atomic E-state index is 0.435. The fourth-order valence-electron chi connectivity index (χ4n) is 2.99. The van der Waals surface area contributed by atoms with Crippen molar-refractivity contribution in [2.75, 3.05) is 0 Å². The van der Waals surface area contributed by atoms with Gasteiger partial charge in [-0.15, -0.1) is 0 Å². The van der Waals surface area contributed by atoms with Gasteiger partial charge in [0, 0.05) is 17.0 Å². The maximum atomic E-state index is 6.25. The van der Waals surface area contributed by atoms with Gasteiger partial charge in [-0.05, 0) is 49.7 Å². The topological polar surface area (TPSA) is 49.3 Å². The molecule has 0 radical (unpaired) electrons. The predicted molar refractivity (Wildman–Crippen MR) is 105 cm³/mol. The summed E-state index contributed by atoms with van der Waals surface area (Å²) in [5.74, 6) is 0. The molecule has 1 heterocycles. The number of rotatable bonds is 3. The molecule has 1 aliphatic carbocycles. The molecule has 1 saturated carbocycles. The van der Waals surface area contributed by atoms with Crippen molar-refractivity contribution in [3.63, 3.8) is 0 Å². The number of hydrogen-bond donors (Lipinski definition) is 2. The number of halogens is 1. The van der Waals surface area contributed by atoms with Crippen LogP contribution >= 0.6 is 23.8 Å². The molecule has 0 spiro atoms.